The molecule has 1 aromatic heterocycles. The molecule has 1 fully saturated rings. The number of rotatable bonds is 10. The van der Waals surface area contributed by atoms with Crippen molar-refractivity contribution in [1.29, 1.82) is 0 Å². The Morgan fingerprint density at radius 1 is 1.08 bits per heavy atom. The van der Waals surface area contributed by atoms with Gasteiger partial charge in [0.1, 0.15) is 29.6 Å². The molecular formula is C29H28FNO5S. The standard InChI is InChI=1S/C29H26FNO5.H2S/c1-34-21-12-13-25(30)24(15-21)29-28(19-6-3-2-4-7-19)26(31-36-29)17-35-22-9-5-8-20(14-22)23(16-27(32)33)18-10-11-18;/h2-9,12-15,18,23H,10-11,16-17H2,1H3,(H,32,33);1H2/t23-;/m0./s1. The minimum absolute atomic E-state index is 0. The third-order valence-corrected chi connectivity index (χ3v) is 6.49. The summed E-state index contributed by atoms with van der Waals surface area (Å²) in [6, 6.07) is 21.5. The SMILES string of the molecule is COc1ccc(F)c(-c2onc(COc3cccc([C@@H](CC(=O)O)C4CC4)c3)c2-c2ccccc2)c1.S. The van der Waals surface area contributed by atoms with Gasteiger partial charge in [0.15, 0.2) is 5.76 Å². The second-order valence-corrected chi connectivity index (χ2v) is 8.95. The van der Waals surface area contributed by atoms with Gasteiger partial charge in [0.2, 0.25) is 0 Å². The van der Waals surface area contributed by atoms with Crippen LogP contribution in [-0.2, 0) is 11.4 Å². The lowest BCUT2D eigenvalue weighted by Gasteiger charge is -2.16. The molecular weight excluding hydrogens is 493 g/mol. The highest BCUT2D eigenvalue weighted by atomic mass is 32.1. The molecule has 3 aromatic carbocycles. The predicted molar refractivity (Wildman–Crippen MR) is 143 cm³/mol. The van der Waals surface area contributed by atoms with E-state index in [1.807, 2.05) is 54.6 Å². The van der Waals surface area contributed by atoms with Crippen LogP contribution in [0.25, 0.3) is 22.5 Å². The number of aliphatic carboxylic acids is 1. The summed E-state index contributed by atoms with van der Waals surface area (Å²) in [6.45, 7) is 0.0930. The van der Waals surface area contributed by atoms with Crippen LogP contribution in [0.5, 0.6) is 11.5 Å². The molecule has 192 valence electrons. The van der Waals surface area contributed by atoms with Crippen molar-refractivity contribution in [2.45, 2.75) is 31.8 Å². The summed E-state index contributed by atoms with van der Waals surface area (Å²) in [5.41, 5.74) is 3.18. The molecule has 0 amide bonds. The van der Waals surface area contributed by atoms with Crippen molar-refractivity contribution in [3.63, 3.8) is 0 Å². The number of carboxylic acids is 1. The number of hydrogen-bond acceptors (Lipinski definition) is 5. The molecule has 0 saturated heterocycles. The zero-order chi connectivity index (χ0) is 25.1. The topological polar surface area (TPSA) is 81.8 Å². The van der Waals surface area contributed by atoms with Gasteiger partial charge in [0.05, 0.1) is 24.7 Å². The van der Waals surface area contributed by atoms with E-state index in [-0.39, 0.29) is 38.0 Å². The van der Waals surface area contributed by atoms with Crippen molar-refractivity contribution in [2.75, 3.05) is 7.11 Å². The largest absolute Gasteiger partial charge is 0.497 e. The lowest BCUT2D eigenvalue weighted by Crippen LogP contribution is -2.08. The lowest BCUT2D eigenvalue weighted by atomic mass is 9.91. The zero-order valence-corrected chi connectivity index (χ0v) is 21.3. The number of benzene rings is 3. The molecule has 1 atom stereocenters. The molecule has 5 rings (SSSR count). The summed E-state index contributed by atoms with van der Waals surface area (Å²) in [4.78, 5) is 11.4. The highest BCUT2D eigenvalue weighted by Gasteiger charge is 2.34. The molecule has 1 aliphatic carbocycles. The molecule has 8 heteroatoms. The van der Waals surface area contributed by atoms with E-state index in [4.69, 9.17) is 14.0 Å². The van der Waals surface area contributed by atoms with Crippen LogP contribution in [0.4, 0.5) is 4.39 Å². The number of ether oxygens (including phenoxy) is 2. The first kappa shape index (κ1) is 26.3. The molecule has 1 saturated carbocycles. The maximum absolute atomic E-state index is 14.8. The number of carbonyl (C=O) groups is 1. The maximum atomic E-state index is 14.8. The van der Waals surface area contributed by atoms with Crippen LogP contribution in [0.1, 0.15) is 36.4 Å². The van der Waals surface area contributed by atoms with Gasteiger partial charge in [-0.15, -0.1) is 0 Å². The molecule has 37 heavy (non-hydrogen) atoms. The Morgan fingerprint density at radius 3 is 2.57 bits per heavy atom. The van der Waals surface area contributed by atoms with E-state index in [0.29, 0.717) is 34.4 Å². The molecule has 0 bridgehead atoms. The van der Waals surface area contributed by atoms with Gasteiger partial charge in [0, 0.05) is 0 Å². The van der Waals surface area contributed by atoms with Crippen LogP contribution in [0.15, 0.2) is 77.3 Å². The van der Waals surface area contributed by atoms with Crippen molar-refractivity contribution in [3.8, 4) is 33.9 Å². The molecule has 1 aliphatic rings. The van der Waals surface area contributed by atoms with E-state index in [1.165, 1.54) is 13.2 Å². The zero-order valence-electron chi connectivity index (χ0n) is 20.3. The van der Waals surface area contributed by atoms with E-state index in [2.05, 4.69) is 5.16 Å². The molecule has 0 spiro atoms. The van der Waals surface area contributed by atoms with Gasteiger partial charge in [0.25, 0.3) is 0 Å². The van der Waals surface area contributed by atoms with Gasteiger partial charge < -0.3 is 19.1 Å². The van der Waals surface area contributed by atoms with Crippen LogP contribution in [0.3, 0.4) is 0 Å². The molecule has 1 heterocycles. The first-order valence-electron chi connectivity index (χ1n) is 11.9. The number of hydrogen-bond donors (Lipinski definition) is 1. The number of carboxylic acid groups (broad SMARTS) is 1. The van der Waals surface area contributed by atoms with Crippen LogP contribution < -0.4 is 9.47 Å². The fraction of sp³-hybridized carbons (Fsp3) is 0.241. The summed E-state index contributed by atoms with van der Waals surface area (Å²) in [5, 5.41) is 13.6. The Hall–Kier alpha value is -3.78. The average Bonchev–Trinajstić information content (AvgIpc) is 3.65. The Labute approximate surface area is 221 Å². The van der Waals surface area contributed by atoms with Gasteiger partial charge in [-0.2, -0.15) is 13.5 Å². The third kappa shape index (κ3) is 5.97. The highest BCUT2D eigenvalue weighted by molar-refractivity contribution is 7.59. The summed E-state index contributed by atoms with van der Waals surface area (Å²) in [6.07, 6.45) is 2.20. The van der Waals surface area contributed by atoms with Crippen molar-refractivity contribution < 1.29 is 28.3 Å². The first-order valence-corrected chi connectivity index (χ1v) is 11.9. The van der Waals surface area contributed by atoms with Gasteiger partial charge in [-0.1, -0.05) is 47.6 Å². The summed E-state index contributed by atoms with van der Waals surface area (Å²) >= 11 is 0. The Balaban J connectivity index is 0.00000320. The molecule has 4 aromatic rings. The van der Waals surface area contributed by atoms with Crippen molar-refractivity contribution >= 4 is 19.5 Å². The molecule has 0 radical (unpaired) electrons. The Kier molecular flexibility index (Phi) is 8.18. The normalized spacial score (nSPS) is 13.5. The fourth-order valence-corrected chi connectivity index (χ4v) is 4.54. The van der Waals surface area contributed by atoms with Crippen LogP contribution in [-0.4, -0.2) is 23.3 Å². The van der Waals surface area contributed by atoms with E-state index in [0.717, 1.165) is 24.0 Å². The summed E-state index contributed by atoms with van der Waals surface area (Å²) in [5.74, 6) is 0.528. The second kappa shape index (κ2) is 11.5. The average molecular weight is 522 g/mol. The highest BCUT2D eigenvalue weighted by Crippen LogP contribution is 2.45. The second-order valence-electron chi connectivity index (χ2n) is 8.95. The van der Waals surface area contributed by atoms with E-state index < -0.39 is 11.8 Å². The number of aromatic nitrogens is 1. The van der Waals surface area contributed by atoms with Gasteiger partial charge in [-0.25, -0.2) is 4.39 Å². The van der Waals surface area contributed by atoms with E-state index in [9.17, 15) is 14.3 Å². The third-order valence-electron chi connectivity index (χ3n) is 6.49. The molecule has 1 N–H and O–H groups in total. The van der Waals surface area contributed by atoms with Crippen LogP contribution in [0.2, 0.25) is 0 Å². The molecule has 0 aliphatic heterocycles. The predicted octanol–water partition coefficient (Wildman–Crippen LogP) is 6.82. The van der Waals surface area contributed by atoms with Gasteiger partial charge >= 0.3 is 5.97 Å². The van der Waals surface area contributed by atoms with Crippen LogP contribution >= 0.6 is 13.5 Å². The number of methoxy groups -OCH3 is 1. The van der Waals surface area contributed by atoms with Crippen molar-refractivity contribution in [2.24, 2.45) is 5.92 Å². The lowest BCUT2D eigenvalue weighted by molar-refractivity contribution is -0.137. The fourth-order valence-electron chi connectivity index (χ4n) is 4.54. The van der Waals surface area contributed by atoms with E-state index >= 15 is 0 Å². The van der Waals surface area contributed by atoms with E-state index in [1.54, 1.807) is 12.1 Å². The summed E-state index contributed by atoms with van der Waals surface area (Å²) < 4.78 is 31.8. The summed E-state index contributed by atoms with van der Waals surface area (Å²) in [7, 11) is 1.52. The maximum Gasteiger partial charge on any atom is 0.303 e. The number of halogens is 1. The smallest absolute Gasteiger partial charge is 0.303 e. The Bertz CT molecular complexity index is 1370. The number of nitrogens with zero attached hydrogens (tertiary/aromatic N) is 1. The van der Waals surface area contributed by atoms with Crippen LogP contribution in [0, 0.1) is 11.7 Å². The molecule has 0 unspecified atom stereocenters. The Morgan fingerprint density at radius 2 is 1.86 bits per heavy atom. The quantitative estimate of drug-likeness (QED) is 0.247. The minimum atomic E-state index is -0.800. The minimum Gasteiger partial charge on any atom is -0.497 e. The van der Waals surface area contributed by atoms with Crippen molar-refractivity contribution in [1.82, 2.24) is 5.16 Å². The first-order chi connectivity index (χ1) is 17.5. The van der Waals surface area contributed by atoms with Gasteiger partial charge in [-0.3, -0.25) is 4.79 Å². The molecule has 6 nitrogen and oxygen atoms in total. The van der Waals surface area contributed by atoms with Crippen molar-refractivity contribution in [3.05, 3.63) is 89.9 Å². The monoisotopic (exact) mass is 521 g/mol. The van der Waals surface area contributed by atoms with Gasteiger partial charge in [-0.05, 0) is 66.1 Å².